The van der Waals surface area contributed by atoms with Crippen molar-refractivity contribution in [1.82, 2.24) is 9.78 Å². The second-order valence-corrected chi connectivity index (χ2v) is 6.08. The van der Waals surface area contributed by atoms with Gasteiger partial charge in [0, 0.05) is 18.7 Å². The first-order valence-corrected chi connectivity index (χ1v) is 8.14. The number of benzene rings is 2. The number of amides is 1. The fraction of sp³-hybridized carbons (Fsp3) is 0.111. The molecule has 0 aliphatic rings. The largest absolute Gasteiger partial charge is 0.435 e. The predicted octanol–water partition coefficient (Wildman–Crippen LogP) is 4.54. The van der Waals surface area contributed by atoms with Crippen LogP contribution in [0.4, 0.5) is 33.3 Å². The quantitative estimate of drug-likeness (QED) is 0.377. The molecule has 0 saturated carbocycles. The van der Waals surface area contributed by atoms with Gasteiger partial charge < -0.3 is 5.32 Å². The van der Waals surface area contributed by atoms with Crippen molar-refractivity contribution in [2.45, 2.75) is 6.18 Å². The summed E-state index contributed by atoms with van der Waals surface area (Å²) in [4.78, 5) is 22.9. The highest BCUT2D eigenvalue weighted by atomic mass is 19.4. The average molecular weight is 426 g/mol. The highest BCUT2D eigenvalue weighted by Crippen LogP contribution is 2.35. The monoisotopic (exact) mass is 426 g/mol. The van der Waals surface area contributed by atoms with Gasteiger partial charge in [-0.3, -0.25) is 19.6 Å². The first-order chi connectivity index (χ1) is 14.0. The molecular formula is C18H11F5N4O3. The molecule has 7 nitrogen and oxygen atoms in total. The number of nitro benzene ring substituents is 1. The van der Waals surface area contributed by atoms with E-state index in [9.17, 15) is 36.9 Å². The molecule has 0 aliphatic heterocycles. The van der Waals surface area contributed by atoms with E-state index in [1.807, 2.05) is 0 Å². The molecule has 1 amide bonds. The number of hydrogen-bond donors (Lipinski definition) is 1. The van der Waals surface area contributed by atoms with E-state index in [0.717, 1.165) is 41.1 Å². The highest BCUT2D eigenvalue weighted by Gasteiger charge is 2.35. The van der Waals surface area contributed by atoms with Gasteiger partial charge in [0.15, 0.2) is 17.3 Å². The van der Waals surface area contributed by atoms with Gasteiger partial charge >= 0.3 is 6.18 Å². The summed E-state index contributed by atoms with van der Waals surface area (Å²) in [6.07, 6.45) is -4.75. The predicted molar refractivity (Wildman–Crippen MR) is 94.6 cm³/mol. The number of rotatable bonds is 4. The number of aryl methyl sites for hydroxylation is 1. The van der Waals surface area contributed by atoms with Gasteiger partial charge in [-0.2, -0.15) is 18.3 Å². The summed E-state index contributed by atoms with van der Waals surface area (Å²) >= 11 is 0. The van der Waals surface area contributed by atoms with Gasteiger partial charge in [-0.15, -0.1) is 0 Å². The molecule has 0 unspecified atom stereocenters. The van der Waals surface area contributed by atoms with Crippen molar-refractivity contribution in [2.24, 2.45) is 7.05 Å². The summed E-state index contributed by atoms with van der Waals surface area (Å²) in [5.74, 6) is -3.49. The van der Waals surface area contributed by atoms with Crippen LogP contribution in [0.2, 0.25) is 0 Å². The summed E-state index contributed by atoms with van der Waals surface area (Å²) < 4.78 is 66.4. The number of nitrogens with one attached hydrogen (secondary N) is 1. The third-order valence-corrected chi connectivity index (χ3v) is 4.10. The zero-order valence-corrected chi connectivity index (χ0v) is 15.0. The van der Waals surface area contributed by atoms with E-state index in [-0.39, 0.29) is 16.8 Å². The number of halogens is 5. The summed E-state index contributed by atoms with van der Waals surface area (Å²) in [5, 5.41) is 16.8. The third kappa shape index (κ3) is 3.97. The van der Waals surface area contributed by atoms with E-state index in [1.165, 1.54) is 7.05 Å². The Hall–Kier alpha value is -3.83. The van der Waals surface area contributed by atoms with Crippen molar-refractivity contribution in [3.63, 3.8) is 0 Å². The molecule has 0 saturated heterocycles. The normalized spacial score (nSPS) is 11.4. The molecule has 0 radical (unpaired) electrons. The highest BCUT2D eigenvalue weighted by molar-refractivity contribution is 6.05. The van der Waals surface area contributed by atoms with E-state index in [2.05, 4.69) is 10.4 Å². The van der Waals surface area contributed by atoms with Gasteiger partial charge in [-0.1, -0.05) is 6.07 Å². The second kappa shape index (κ2) is 7.54. The van der Waals surface area contributed by atoms with Crippen LogP contribution < -0.4 is 5.32 Å². The van der Waals surface area contributed by atoms with Crippen molar-refractivity contribution < 1.29 is 31.7 Å². The van der Waals surface area contributed by atoms with Crippen molar-refractivity contribution in [3.8, 4) is 11.3 Å². The fourth-order valence-electron chi connectivity index (χ4n) is 2.69. The smallest absolute Gasteiger partial charge is 0.319 e. The number of nitro groups is 1. The van der Waals surface area contributed by atoms with E-state index >= 15 is 0 Å². The van der Waals surface area contributed by atoms with Crippen LogP contribution in [0.5, 0.6) is 0 Å². The number of hydrogen-bond acceptors (Lipinski definition) is 4. The molecule has 0 aliphatic carbocycles. The molecule has 1 N–H and O–H groups in total. The summed E-state index contributed by atoms with van der Waals surface area (Å²) in [7, 11) is 1.18. The maximum atomic E-state index is 13.7. The van der Waals surface area contributed by atoms with Crippen LogP contribution in [-0.2, 0) is 13.2 Å². The van der Waals surface area contributed by atoms with Gasteiger partial charge in [0.25, 0.3) is 11.6 Å². The third-order valence-electron chi connectivity index (χ3n) is 4.10. The van der Waals surface area contributed by atoms with Crippen molar-refractivity contribution in [2.75, 3.05) is 5.32 Å². The van der Waals surface area contributed by atoms with Crippen LogP contribution in [0.3, 0.4) is 0 Å². The Morgan fingerprint density at radius 2 is 1.87 bits per heavy atom. The van der Waals surface area contributed by atoms with E-state index in [4.69, 9.17) is 0 Å². The Morgan fingerprint density at radius 1 is 1.17 bits per heavy atom. The Morgan fingerprint density at radius 3 is 2.47 bits per heavy atom. The zero-order valence-electron chi connectivity index (χ0n) is 15.0. The fourth-order valence-corrected chi connectivity index (χ4v) is 2.69. The lowest BCUT2D eigenvalue weighted by atomic mass is 10.0. The van der Waals surface area contributed by atoms with E-state index in [1.54, 1.807) is 0 Å². The first-order valence-electron chi connectivity index (χ1n) is 8.14. The standard InChI is InChI=1S/C18H11F5N4O3/c1-26-13(8-15(25-26)18(21,22)23)10-6-5-9(7-14(10)27(29)30)17(28)24-12-4-2-3-11(19)16(12)20/h2-8H,1H3,(H,24,28). The molecule has 1 aromatic heterocycles. The maximum absolute atomic E-state index is 13.7. The van der Waals surface area contributed by atoms with Crippen LogP contribution in [0.1, 0.15) is 16.1 Å². The van der Waals surface area contributed by atoms with Gasteiger partial charge in [0.05, 0.1) is 21.9 Å². The number of alkyl halides is 3. The molecule has 0 spiro atoms. The van der Waals surface area contributed by atoms with E-state index in [0.29, 0.717) is 6.07 Å². The molecule has 2 aromatic carbocycles. The van der Waals surface area contributed by atoms with Crippen LogP contribution >= 0.6 is 0 Å². The molecule has 3 aromatic rings. The van der Waals surface area contributed by atoms with E-state index < -0.39 is 45.7 Å². The molecular weight excluding hydrogens is 415 g/mol. The topological polar surface area (TPSA) is 90.1 Å². The molecule has 30 heavy (non-hydrogen) atoms. The van der Waals surface area contributed by atoms with Crippen LogP contribution in [-0.4, -0.2) is 20.6 Å². The summed E-state index contributed by atoms with van der Waals surface area (Å²) in [5.41, 5.74) is -3.08. The van der Waals surface area contributed by atoms with Gasteiger partial charge in [-0.25, -0.2) is 8.78 Å². The summed E-state index contributed by atoms with van der Waals surface area (Å²) in [6, 6.07) is 6.73. The average Bonchev–Trinajstić information content (AvgIpc) is 3.07. The van der Waals surface area contributed by atoms with Crippen molar-refractivity contribution in [3.05, 3.63) is 75.5 Å². The minimum Gasteiger partial charge on any atom is -0.319 e. The van der Waals surface area contributed by atoms with Crippen molar-refractivity contribution >= 4 is 17.3 Å². The lowest BCUT2D eigenvalue weighted by Gasteiger charge is -2.08. The molecule has 3 rings (SSSR count). The number of carbonyl (C=O) groups is 1. The number of aromatic nitrogens is 2. The molecule has 0 atom stereocenters. The van der Waals surface area contributed by atoms with Gasteiger partial charge in [0.2, 0.25) is 0 Å². The minimum absolute atomic E-state index is 0.197. The van der Waals surface area contributed by atoms with Crippen LogP contribution in [0.25, 0.3) is 11.3 Å². The maximum Gasteiger partial charge on any atom is 0.435 e. The zero-order chi connectivity index (χ0) is 22.2. The Balaban J connectivity index is 2.00. The van der Waals surface area contributed by atoms with Crippen molar-refractivity contribution in [1.29, 1.82) is 0 Å². The molecule has 156 valence electrons. The Kier molecular flexibility index (Phi) is 5.25. The number of carbonyl (C=O) groups excluding carboxylic acids is 1. The lowest BCUT2D eigenvalue weighted by Crippen LogP contribution is -2.14. The SMILES string of the molecule is Cn1nc(C(F)(F)F)cc1-c1ccc(C(=O)Nc2cccc(F)c2F)cc1[N+](=O)[O-]. The Bertz CT molecular complexity index is 1160. The summed E-state index contributed by atoms with van der Waals surface area (Å²) in [6.45, 7) is 0. The van der Waals surface area contributed by atoms with Crippen LogP contribution in [0.15, 0.2) is 42.5 Å². The Labute approximate surface area is 164 Å². The molecule has 0 fully saturated rings. The molecule has 12 heteroatoms. The van der Waals surface area contributed by atoms with Gasteiger partial charge in [-0.05, 0) is 30.3 Å². The van der Waals surface area contributed by atoms with Crippen LogP contribution in [0, 0.1) is 21.7 Å². The first kappa shape index (κ1) is 20.9. The molecule has 0 bridgehead atoms. The number of nitrogens with zero attached hydrogens (tertiary/aromatic N) is 3. The lowest BCUT2D eigenvalue weighted by molar-refractivity contribution is -0.384. The van der Waals surface area contributed by atoms with Gasteiger partial charge in [0.1, 0.15) is 0 Å². The molecule has 1 heterocycles. The minimum atomic E-state index is -4.75. The number of anilines is 1. The second-order valence-electron chi connectivity index (χ2n) is 6.08.